The van der Waals surface area contributed by atoms with Gasteiger partial charge in [-0.1, -0.05) is 43.1 Å². The molecular formula is C30H37FN4O3S. The Labute approximate surface area is 235 Å². The molecule has 7 nitrogen and oxygen atoms in total. The molecule has 1 atom stereocenters. The first kappa shape index (κ1) is 30.0. The number of ether oxygens (including phenoxy) is 1. The zero-order valence-corrected chi connectivity index (χ0v) is 23.7. The fourth-order valence-corrected chi connectivity index (χ4v) is 4.47. The third kappa shape index (κ3) is 9.30. The summed E-state index contributed by atoms with van der Waals surface area (Å²) in [5, 5.41) is 5.77. The second-order valence-electron chi connectivity index (χ2n) is 9.78. The number of halogens is 1. The Bertz CT molecular complexity index is 1180. The van der Waals surface area contributed by atoms with Crippen molar-refractivity contribution in [3.05, 3.63) is 90.2 Å². The maximum Gasteiger partial charge on any atom is 0.332 e. The number of hydrogen-bond acceptors (Lipinski definition) is 5. The third-order valence-electron chi connectivity index (χ3n) is 6.23. The van der Waals surface area contributed by atoms with Crippen molar-refractivity contribution in [1.82, 2.24) is 14.5 Å². The Morgan fingerprint density at radius 1 is 0.872 bits per heavy atom. The van der Waals surface area contributed by atoms with E-state index in [0.717, 1.165) is 9.87 Å². The summed E-state index contributed by atoms with van der Waals surface area (Å²) >= 11 is 4.44. The highest BCUT2D eigenvalue weighted by Crippen LogP contribution is 2.24. The number of carbonyl (C=O) groups excluding carboxylic acids is 2. The monoisotopic (exact) mass is 552 g/mol. The van der Waals surface area contributed by atoms with E-state index < -0.39 is 12.1 Å². The maximum absolute atomic E-state index is 13.3. The topological polar surface area (TPSA) is 73.9 Å². The van der Waals surface area contributed by atoms with Gasteiger partial charge in [-0.25, -0.2) is 9.18 Å². The molecule has 3 aromatic carbocycles. The van der Waals surface area contributed by atoms with Gasteiger partial charge in [-0.2, -0.15) is 0 Å². The third-order valence-corrected chi connectivity index (χ3v) is 6.69. The number of urea groups is 1. The smallest absolute Gasteiger partial charge is 0.332 e. The van der Waals surface area contributed by atoms with Crippen LogP contribution in [-0.2, 0) is 11.2 Å². The van der Waals surface area contributed by atoms with Gasteiger partial charge in [0.25, 0.3) is 0 Å². The Morgan fingerprint density at radius 2 is 1.44 bits per heavy atom. The molecular weight excluding hydrogens is 515 g/mol. The second-order valence-corrected chi connectivity index (χ2v) is 10.2. The zero-order valence-electron chi connectivity index (χ0n) is 22.8. The molecule has 0 bridgehead atoms. The van der Waals surface area contributed by atoms with Gasteiger partial charge in [0.15, 0.2) is 0 Å². The molecule has 9 heteroatoms. The summed E-state index contributed by atoms with van der Waals surface area (Å²) in [7, 11) is 0. The number of nitrogens with one attached hydrogen (secondary N) is 2. The van der Waals surface area contributed by atoms with Crippen LogP contribution in [0.1, 0.15) is 33.3 Å². The van der Waals surface area contributed by atoms with Gasteiger partial charge in [-0.15, -0.1) is 0 Å². The molecule has 0 aromatic heterocycles. The summed E-state index contributed by atoms with van der Waals surface area (Å²) in [4.78, 5) is 28.7. The fraction of sp³-hybridized carbons (Fsp3) is 0.333. The van der Waals surface area contributed by atoms with Crippen molar-refractivity contribution >= 4 is 30.4 Å². The number of nitrogens with zero attached hydrogens (tertiary/aromatic N) is 2. The van der Waals surface area contributed by atoms with E-state index in [1.807, 2.05) is 30.3 Å². The highest BCUT2D eigenvalue weighted by molar-refractivity contribution is 7.78. The summed E-state index contributed by atoms with van der Waals surface area (Å²) in [6.45, 7) is 9.66. The minimum atomic E-state index is -0.830. The summed E-state index contributed by atoms with van der Waals surface area (Å²) in [6.07, 6.45) is 0.312. The van der Waals surface area contributed by atoms with Gasteiger partial charge in [0, 0.05) is 37.3 Å². The standard InChI is InChI=1S/C30H37FN4O3S/c1-21(2)34(22(3)4)19-18-32-29(36)28(20-23-8-6-5-7-9-23)35(39)30(37)33-25-12-16-27(17-13-25)38-26-14-10-24(31)11-15-26/h5-17,21-22,28,39H,18-20H2,1-4H3,(H,32,36)(H,33,37). The van der Waals surface area contributed by atoms with Crippen LogP contribution in [0.2, 0.25) is 0 Å². The molecule has 0 fully saturated rings. The number of hydrogen-bond donors (Lipinski definition) is 3. The summed E-state index contributed by atoms with van der Waals surface area (Å²) in [5.74, 6) is 0.401. The molecule has 0 saturated carbocycles. The summed E-state index contributed by atoms with van der Waals surface area (Å²) in [6, 6.07) is 21.3. The van der Waals surface area contributed by atoms with Crippen molar-refractivity contribution in [1.29, 1.82) is 0 Å². The van der Waals surface area contributed by atoms with Crippen LogP contribution in [0.4, 0.5) is 14.9 Å². The fourth-order valence-electron chi connectivity index (χ4n) is 4.23. The Kier molecular flexibility index (Phi) is 11.2. The van der Waals surface area contributed by atoms with Crippen molar-refractivity contribution in [2.75, 3.05) is 18.4 Å². The molecule has 0 radical (unpaired) electrons. The van der Waals surface area contributed by atoms with E-state index in [1.54, 1.807) is 24.3 Å². The maximum atomic E-state index is 13.3. The van der Waals surface area contributed by atoms with E-state index in [9.17, 15) is 14.0 Å². The van der Waals surface area contributed by atoms with Gasteiger partial charge >= 0.3 is 6.03 Å². The van der Waals surface area contributed by atoms with Crippen molar-refractivity contribution in [2.24, 2.45) is 0 Å². The van der Waals surface area contributed by atoms with Crippen LogP contribution in [-0.4, -0.2) is 52.4 Å². The summed E-state index contributed by atoms with van der Waals surface area (Å²) < 4.78 is 19.9. The van der Waals surface area contributed by atoms with Crippen molar-refractivity contribution < 1.29 is 18.7 Å². The van der Waals surface area contributed by atoms with E-state index in [2.05, 4.69) is 56.0 Å². The molecule has 0 heterocycles. The van der Waals surface area contributed by atoms with E-state index in [-0.39, 0.29) is 11.7 Å². The van der Waals surface area contributed by atoms with E-state index in [1.165, 1.54) is 24.3 Å². The Morgan fingerprint density at radius 3 is 2.00 bits per heavy atom. The molecule has 2 N–H and O–H groups in total. The number of anilines is 1. The Balaban J connectivity index is 1.65. The average Bonchev–Trinajstić information content (AvgIpc) is 2.91. The predicted octanol–water partition coefficient (Wildman–Crippen LogP) is 6.14. The van der Waals surface area contributed by atoms with Crippen LogP contribution in [0.5, 0.6) is 11.5 Å². The number of thiol groups is 1. The summed E-state index contributed by atoms with van der Waals surface area (Å²) in [5.41, 5.74) is 1.42. The molecule has 3 amide bonds. The van der Waals surface area contributed by atoms with Crippen molar-refractivity contribution in [2.45, 2.75) is 52.2 Å². The quantitative estimate of drug-likeness (QED) is 0.236. The van der Waals surface area contributed by atoms with Crippen LogP contribution in [0, 0.1) is 5.82 Å². The molecule has 0 spiro atoms. The lowest BCUT2D eigenvalue weighted by atomic mass is 10.1. The lowest BCUT2D eigenvalue weighted by Gasteiger charge is -2.31. The first-order valence-corrected chi connectivity index (χ1v) is 13.4. The minimum absolute atomic E-state index is 0.278. The number of carbonyl (C=O) groups is 2. The largest absolute Gasteiger partial charge is 0.457 e. The van der Waals surface area contributed by atoms with Gasteiger partial charge in [0.05, 0.1) is 0 Å². The second kappa shape index (κ2) is 14.6. The molecule has 0 saturated heterocycles. The van der Waals surface area contributed by atoms with E-state index in [4.69, 9.17) is 4.74 Å². The lowest BCUT2D eigenvalue weighted by Crippen LogP contribution is -2.50. The molecule has 39 heavy (non-hydrogen) atoms. The molecule has 208 valence electrons. The molecule has 1 unspecified atom stereocenters. The van der Waals surface area contributed by atoms with E-state index >= 15 is 0 Å². The zero-order chi connectivity index (χ0) is 28.4. The van der Waals surface area contributed by atoms with Crippen LogP contribution in [0.3, 0.4) is 0 Å². The number of benzene rings is 3. The molecule has 0 aliphatic heterocycles. The Hall–Kier alpha value is -3.56. The van der Waals surface area contributed by atoms with Crippen molar-refractivity contribution in [3.63, 3.8) is 0 Å². The molecule has 0 aliphatic carbocycles. The number of rotatable bonds is 12. The molecule has 3 aromatic rings. The minimum Gasteiger partial charge on any atom is -0.457 e. The first-order chi connectivity index (χ1) is 18.6. The van der Waals surface area contributed by atoms with Gasteiger partial charge in [0.2, 0.25) is 5.91 Å². The van der Waals surface area contributed by atoms with Crippen LogP contribution in [0.25, 0.3) is 0 Å². The van der Waals surface area contributed by atoms with Crippen LogP contribution < -0.4 is 15.4 Å². The normalized spacial score (nSPS) is 11.9. The van der Waals surface area contributed by atoms with Gasteiger partial charge in [-0.05, 0) is 81.8 Å². The highest BCUT2D eigenvalue weighted by Gasteiger charge is 2.28. The average molecular weight is 553 g/mol. The highest BCUT2D eigenvalue weighted by atomic mass is 32.1. The first-order valence-electron chi connectivity index (χ1n) is 13.0. The predicted molar refractivity (Wildman–Crippen MR) is 157 cm³/mol. The van der Waals surface area contributed by atoms with Gasteiger partial charge in [-0.3, -0.25) is 14.0 Å². The van der Waals surface area contributed by atoms with Gasteiger partial charge < -0.3 is 15.4 Å². The lowest BCUT2D eigenvalue weighted by molar-refractivity contribution is -0.124. The molecule has 0 aliphatic rings. The SMILES string of the molecule is CC(C)N(CCNC(=O)C(Cc1ccccc1)N(S)C(=O)Nc1ccc(Oc2ccc(F)cc2)cc1)C(C)C. The van der Waals surface area contributed by atoms with E-state index in [0.29, 0.717) is 48.8 Å². The van der Waals surface area contributed by atoms with Crippen molar-refractivity contribution in [3.8, 4) is 11.5 Å². The molecule has 3 rings (SSSR count). The van der Waals surface area contributed by atoms with Crippen LogP contribution in [0.15, 0.2) is 78.9 Å². The van der Waals surface area contributed by atoms with Crippen LogP contribution >= 0.6 is 12.8 Å². The number of amides is 3. The van der Waals surface area contributed by atoms with Gasteiger partial charge in [0.1, 0.15) is 23.4 Å².